The van der Waals surface area contributed by atoms with Gasteiger partial charge in [-0.2, -0.15) is 0 Å². The summed E-state index contributed by atoms with van der Waals surface area (Å²) >= 11 is 1.62. The summed E-state index contributed by atoms with van der Waals surface area (Å²) in [6.07, 6.45) is 2.34. The monoisotopic (exact) mass is 360 g/mol. The molecule has 0 fully saturated rings. The lowest BCUT2D eigenvalue weighted by Crippen LogP contribution is -2.01. The highest BCUT2D eigenvalue weighted by molar-refractivity contribution is 7.16. The van der Waals surface area contributed by atoms with Crippen LogP contribution in [0.1, 0.15) is 19.8 Å². The summed E-state index contributed by atoms with van der Waals surface area (Å²) in [5.74, 6) is 0. The van der Waals surface area contributed by atoms with Crippen molar-refractivity contribution in [3.05, 3.63) is 60.1 Å². The molecule has 0 unspecified atom stereocenters. The molecule has 0 amide bonds. The van der Waals surface area contributed by atoms with Gasteiger partial charge in [0.1, 0.15) is 11.2 Å². The molecule has 4 aromatic rings. The molecule has 0 radical (unpaired) electrons. The van der Waals surface area contributed by atoms with E-state index in [2.05, 4.69) is 57.8 Å². The Kier molecular flexibility index (Phi) is 4.88. The van der Waals surface area contributed by atoms with Crippen molar-refractivity contribution in [1.82, 2.24) is 4.98 Å². The normalized spacial score (nSPS) is 11.6. The second kappa shape index (κ2) is 7.62. The first-order valence-electron chi connectivity index (χ1n) is 8.86. The molecule has 0 aliphatic rings. The Labute approximate surface area is 156 Å². The van der Waals surface area contributed by atoms with E-state index in [0.717, 1.165) is 45.6 Å². The Morgan fingerprint density at radius 3 is 2.65 bits per heavy atom. The molecule has 0 bridgehead atoms. The van der Waals surface area contributed by atoms with Gasteiger partial charge in [-0.25, -0.2) is 4.98 Å². The molecule has 26 heavy (non-hydrogen) atoms. The number of rotatable bonds is 6. The highest BCUT2D eigenvalue weighted by atomic mass is 32.1. The van der Waals surface area contributed by atoms with Gasteiger partial charge in [-0.1, -0.05) is 43.7 Å². The van der Waals surface area contributed by atoms with Gasteiger partial charge in [0, 0.05) is 23.0 Å². The highest BCUT2D eigenvalue weighted by Gasteiger charge is 2.06. The zero-order valence-electron chi connectivity index (χ0n) is 14.6. The van der Waals surface area contributed by atoms with Gasteiger partial charge in [0.25, 0.3) is 0 Å². The maximum atomic E-state index is 4.53. The number of thiazole rings is 1. The Morgan fingerprint density at radius 1 is 0.923 bits per heavy atom. The summed E-state index contributed by atoms with van der Waals surface area (Å²) in [6.45, 7) is 3.18. The van der Waals surface area contributed by atoms with Crippen molar-refractivity contribution in [2.75, 3.05) is 11.9 Å². The van der Waals surface area contributed by atoms with Gasteiger partial charge >= 0.3 is 0 Å². The molecule has 5 heteroatoms. The Hall–Kier alpha value is -2.79. The van der Waals surface area contributed by atoms with Gasteiger partial charge in [-0.05, 0) is 30.7 Å². The molecule has 4 rings (SSSR count). The largest absolute Gasteiger partial charge is 0.385 e. The number of fused-ring (bicyclic) bond motifs is 2. The third kappa shape index (κ3) is 3.30. The predicted octanol–water partition coefficient (Wildman–Crippen LogP) is 7.08. The van der Waals surface area contributed by atoms with Crippen LogP contribution in [0.4, 0.5) is 17.1 Å². The molecule has 0 aliphatic heterocycles. The third-order valence-corrected chi connectivity index (χ3v) is 5.15. The number of aromatic nitrogens is 1. The first-order chi connectivity index (χ1) is 12.9. The Bertz CT molecular complexity index is 1070. The average Bonchev–Trinajstić information content (AvgIpc) is 3.17. The van der Waals surface area contributed by atoms with Crippen LogP contribution in [-0.2, 0) is 0 Å². The average molecular weight is 360 g/mol. The fraction of sp³-hybridized carbons (Fsp3) is 0.190. The topological polar surface area (TPSA) is 49.6 Å². The highest BCUT2D eigenvalue weighted by Crippen LogP contribution is 2.34. The third-order valence-electron chi connectivity index (χ3n) is 4.35. The van der Waals surface area contributed by atoms with Gasteiger partial charge < -0.3 is 5.32 Å². The molecular weight excluding hydrogens is 340 g/mol. The summed E-state index contributed by atoms with van der Waals surface area (Å²) in [6, 6.07) is 18.4. The molecule has 1 aromatic heterocycles. The van der Waals surface area contributed by atoms with Crippen LogP contribution < -0.4 is 5.32 Å². The standard InChI is InChI=1S/C21H20N4S/c1-2-3-13-22-17-11-12-18(16-8-5-4-7-15(16)17)24-25-19-9-6-10-20-21(19)23-14-26-20/h4-12,14,22H,2-3,13H2,1H3. The van der Waals surface area contributed by atoms with Crippen LogP contribution in [0.2, 0.25) is 0 Å². The number of azo groups is 1. The first-order valence-corrected chi connectivity index (χ1v) is 9.74. The summed E-state index contributed by atoms with van der Waals surface area (Å²) in [4.78, 5) is 4.40. The smallest absolute Gasteiger partial charge is 0.113 e. The van der Waals surface area contributed by atoms with Gasteiger partial charge in [0.05, 0.1) is 15.9 Å². The van der Waals surface area contributed by atoms with Crippen LogP contribution in [0.15, 0.2) is 70.3 Å². The maximum absolute atomic E-state index is 4.53. The van der Waals surface area contributed by atoms with Crippen LogP contribution in [0.5, 0.6) is 0 Å². The number of unbranched alkanes of at least 4 members (excludes halogenated alkanes) is 1. The first kappa shape index (κ1) is 16.7. The van der Waals surface area contributed by atoms with E-state index in [9.17, 15) is 0 Å². The van der Waals surface area contributed by atoms with E-state index in [-0.39, 0.29) is 0 Å². The zero-order valence-corrected chi connectivity index (χ0v) is 15.5. The Balaban J connectivity index is 1.71. The number of anilines is 1. The number of nitrogens with one attached hydrogen (secondary N) is 1. The van der Waals surface area contributed by atoms with Gasteiger partial charge in [-0.3, -0.25) is 0 Å². The molecule has 4 nitrogen and oxygen atoms in total. The Morgan fingerprint density at radius 2 is 1.77 bits per heavy atom. The predicted molar refractivity (Wildman–Crippen MR) is 111 cm³/mol. The van der Waals surface area contributed by atoms with Crippen molar-refractivity contribution >= 4 is 49.4 Å². The van der Waals surface area contributed by atoms with Crippen molar-refractivity contribution in [3.8, 4) is 0 Å². The van der Waals surface area contributed by atoms with E-state index in [0.29, 0.717) is 0 Å². The summed E-state index contributed by atoms with van der Waals surface area (Å²) < 4.78 is 1.13. The molecule has 0 saturated heterocycles. The van der Waals surface area contributed by atoms with Crippen molar-refractivity contribution in [2.24, 2.45) is 10.2 Å². The lowest BCUT2D eigenvalue weighted by Gasteiger charge is -2.10. The van der Waals surface area contributed by atoms with E-state index < -0.39 is 0 Å². The van der Waals surface area contributed by atoms with E-state index in [4.69, 9.17) is 0 Å². The maximum Gasteiger partial charge on any atom is 0.113 e. The van der Waals surface area contributed by atoms with Crippen LogP contribution >= 0.6 is 11.3 Å². The number of hydrogen-bond acceptors (Lipinski definition) is 5. The molecule has 130 valence electrons. The summed E-state index contributed by atoms with van der Waals surface area (Å²) in [7, 11) is 0. The van der Waals surface area contributed by atoms with Crippen LogP contribution in [0.3, 0.4) is 0 Å². The number of hydrogen-bond donors (Lipinski definition) is 1. The number of nitrogens with zero attached hydrogens (tertiary/aromatic N) is 3. The molecule has 0 saturated carbocycles. The second-order valence-electron chi connectivity index (χ2n) is 6.13. The van der Waals surface area contributed by atoms with Crippen molar-refractivity contribution in [3.63, 3.8) is 0 Å². The lowest BCUT2D eigenvalue weighted by atomic mass is 10.1. The van der Waals surface area contributed by atoms with E-state index in [1.54, 1.807) is 11.3 Å². The molecule has 3 aromatic carbocycles. The zero-order chi connectivity index (χ0) is 17.8. The number of benzene rings is 3. The van der Waals surface area contributed by atoms with E-state index in [1.807, 2.05) is 29.8 Å². The van der Waals surface area contributed by atoms with Crippen molar-refractivity contribution in [2.45, 2.75) is 19.8 Å². The quantitative estimate of drug-likeness (QED) is 0.295. The van der Waals surface area contributed by atoms with E-state index in [1.165, 1.54) is 11.8 Å². The van der Waals surface area contributed by atoms with Crippen molar-refractivity contribution < 1.29 is 0 Å². The minimum atomic E-state index is 0.804. The van der Waals surface area contributed by atoms with Crippen LogP contribution in [-0.4, -0.2) is 11.5 Å². The fourth-order valence-electron chi connectivity index (χ4n) is 2.98. The molecule has 0 spiro atoms. The molecule has 1 heterocycles. The van der Waals surface area contributed by atoms with E-state index >= 15 is 0 Å². The fourth-order valence-corrected chi connectivity index (χ4v) is 3.68. The summed E-state index contributed by atoms with van der Waals surface area (Å²) in [5.41, 5.74) is 5.57. The molecule has 0 aliphatic carbocycles. The minimum absolute atomic E-state index is 0.804. The molecule has 1 N–H and O–H groups in total. The van der Waals surface area contributed by atoms with Gasteiger partial charge in [-0.15, -0.1) is 21.6 Å². The lowest BCUT2D eigenvalue weighted by molar-refractivity contribution is 0.835. The molecular formula is C21H20N4S. The number of para-hydroxylation sites is 1. The van der Waals surface area contributed by atoms with Crippen LogP contribution in [0, 0.1) is 0 Å². The molecule has 0 atom stereocenters. The minimum Gasteiger partial charge on any atom is -0.385 e. The van der Waals surface area contributed by atoms with Gasteiger partial charge in [0.2, 0.25) is 0 Å². The SMILES string of the molecule is CCCCNc1ccc(N=Nc2cccc3scnc23)c2ccccc12. The van der Waals surface area contributed by atoms with Crippen molar-refractivity contribution in [1.29, 1.82) is 0 Å². The van der Waals surface area contributed by atoms with Gasteiger partial charge in [0.15, 0.2) is 0 Å². The summed E-state index contributed by atoms with van der Waals surface area (Å²) in [5, 5.41) is 14.8. The van der Waals surface area contributed by atoms with Crippen LogP contribution in [0.25, 0.3) is 21.0 Å². The second-order valence-corrected chi connectivity index (χ2v) is 7.02.